The molecular formula is C21H27N3O2. The summed E-state index contributed by atoms with van der Waals surface area (Å²) in [5.41, 5.74) is 5.92. The number of hydrogen-bond acceptors (Lipinski definition) is 4. The summed E-state index contributed by atoms with van der Waals surface area (Å²) in [6, 6.07) is 6.02. The van der Waals surface area contributed by atoms with Crippen LogP contribution >= 0.6 is 0 Å². The Balaban J connectivity index is 2.02. The SMILES string of the molecule is CCCc1nc2c(nc1NC(=O)C(C)CC)CCc1cc(CO)ccc1-2. The quantitative estimate of drug-likeness (QED) is 0.831. The normalized spacial score (nSPS) is 13.7. The van der Waals surface area contributed by atoms with Crippen molar-refractivity contribution in [2.24, 2.45) is 5.92 Å². The number of hydrogen-bond donors (Lipinski definition) is 2. The van der Waals surface area contributed by atoms with Gasteiger partial charge in [-0.15, -0.1) is 0 Å². The molecule has 1 heterocycles. The molecule has 0 spiro atoms. The fourth-order valence-corrected chi connectivity index (χ4v) is 3.27. The summed E-state index contributed by atoms with van der Waals surface area (Å²) in [4.78, 5) is 22.0. The van der Waals surface area contributed by atoms with Crippen molar-refractivity contribution in [1.82, 2.24) is 9.97 Å². The number of aliphatic hydroxyl groups excluding tert-OH is 1. The highest BCUT2D eigenvalue weighted by atomic mass is 16.3. The molecule has 0 bridgehead atoms. The molecule has 0 radical (unpaired) electrons. The van der Waals surface area contributed by atoms with E-state index in [4.69, 9.17) is 9.97 Å². The molecule has 5 heteroatoms. The largest absolute Gasteiger partial charge is 0.392 e. The maximum Gasteiger partial charge on any atom is 0.228 e. The number of carbonyl (C=O) groups excluding carboxylic acids is 1. The smallest absolute Gasteiger partial charge is 0.228 e. The second-order valence-electron chi connectivity index (χ2n) is 7.01. The highest BCUT2D eigenvalue weighted by Crippen LogP contribution is 2.33. The summed E-state index contributed by atoms with van der Waals surface area (Å²) in [7, 11) is 0. The number of anilines is 1. The number of amides is 1. The van der Waals surface area contributed by atoms with Crippen molar-refractivity contribution in [2.75, 3.05) is 5.32 Å². The average molecular weight is 353 g/mol. The molecule has 5 nitrogen and oxygen atoms in total. The van der Waals surface area contributed by atoms with Gasteiger partial charge in [0.1, 0.15) is 0 Å². The van der Waals surface area contributed by atoms with E-state index in [9.17, 15) is 9.90 Å². The van der Waals surface area contributed by atoms with Crippen molar-refractivity contribution in [3.05, 3.63) is 40.7 Å². The van der Waals surface area contributed by atoms with Gasteiger partial charge in [0, 0.05) is 11.5 Å². The molecule has 138 valence electrons. The predicted octanol–water partition coefficient (Wildman–Crippen LogP) is 3.67. The van der Waals surface area contributed by atoms with Crippen molar-refractivity contribution in [3.63, 3.8) is 0 Å². The Morgan fingerprint density at radius 1 is 1.27 bits per heavy atom. The molecule has 2 aromatic rings. The number of nitrogens with zero attached hydrogens (tertiary/aromatic N) is 2. The summed E-state index contributed by atoms with van der Waals surface area (Å²) in [5, 5.41) is 12.4. The van der Waals surface area contributed by atoms with Gasteiger partial charge in [0.2, 0.25) is 5.91 Å². The lowest BCUT2D eigenvalue weighted by atomic mass is 9.90. The standard InChI is InChI=1S/C21H27N3O2/c1-4-6-18-20(24-21(26)13(3)5-2)23-17-10-8-15-11-14(12-25)7-9-16(15)19(17)22-18/h7,9,11,13,25H,4-6,8,10,12H2,1-3H3,(H,23,24,26). The van der Waals surface area contributed by atoms with Crippen LogP contribution < -0.4 is 5.32 Å². The molecule has 1 unspecified atom stereocenters. The lowest BCUT2D eigenvalue weighted by Crippen LogP contribution is -2.23. The van der Waals surface area contributed by atoms with E-state index in [1.807, 2.05) is 26.0 Å². The van der Waals surface area contributed by atoms with E-state index in [1.54, 1.807) is 0 Å². The van der Waals surface area contributed by atoms with Crippen LogP contribution in [-0.2, 0) is 30.7 Å². The van der Waals surface area contributed by atoms with Crippen molar-refractivity contribution in [1.29, 1.82) is 0 Å². The summed E-state index contributed by atoms with van der Waals surface area (Å²) in [5.74, 6) is 0.578. The fourth-order valence-electron chi connectivity index (χ4n) is 3.27. The Bertz CT molecular complexity index is 817. The van der Waals surface area contributed by atoms with Gasteiger partial charge >= 0.3 is 0 Å². The van der Waals surface area contributed by atoms with Gasteiger partial charge in [0.15, 0.2) is 5.82 Å². The minimum atomic E-state index is -0.0417. The first-order chi connectivity index (χ1) is 12.6. The zero-order chi connectivity index (χ0) is 18.7. The van der Waals surface area contributed by atoms with E-state index < -0.39 is 0 Å². The average Bonchev–Trinajstić information content (AvgIpc) is 2.67. The van der Waals surface area contributed by atoms with E-state index in [1.165, 1.54) is 5.56 Å². The van der Waals surface area contributed by atoms with Gasteiger partial charge in [-0.3, -0.25) is 4.79 Å². The van der Waals surface area contributed by atoms with Gasteiger partial charge in [0.05, 0.1) is 23.7 Å². The Morgan fingerprint density at radius 2 is 2.08 bits per heavy atom. The van der Waals surface area contributed by atoms with Crippen LogP contribution in [0.4, 0.5) is 5.82 Å². The van der Waals surface area contributed by atoms with Gasteiger partial charge in [-0.2, -0.15) is 0 Å². The van der Waals surface area contributed by atoms with Crippen molar-refractivity contribution < 1.29 is 9.90 Å². The molecule has 2 N–H and O–H groups in total. The van der Waals surface area contributed by atoms with Gasteiger partial charge in [-0.05, 0) is 36.8 Å². The Kier molecular flexibility index (Phi) is 5.67. The molecule has 26 heavy (non-hydrogen) atoms. The molecule has 1 aromatic carbocycles. The highest BCUT2D eigenvalue weighted by Gasteiger charge is 2.23. The van der Waals surface area contributed by atoms with E-state index in [0.29, 0.717) is 5.82 Å². The second kappa shape index (κ2) is 7.96. The molecule has 1 atom stereocenters. The first-order valence-electron chi connectivity index (χ1n) is 9.51. The number of carbonyl (C=O) groups is 1. The molecule has 1 aliphatic carbocycles. The summed E-state index contributed by atoms with van der Waals surface area (Å²) < 4.78 is 0. The summed E-state index contributed by atoms with van der Waals surface area (Å²) >= 11 is 0. The van der Waals surface area contributed by atoms with Crippen LogP contribution in [0.5, 0.6) is 0 Å². The number of rotatable bonds is 6. The van der Waals surface area contributed by atoms with Gasteiger partial charge in [-0.1, -0.05) is 45.4 Å². The second-order valence-corrected chi connectivity index (χ2v) is 7.01. The molecule has 3 rings (SSSR count). The predicted molar refractivity (Wildman–Crippen MR) is 103 cm³/mol. The fraction of sp³-hybridized carbons (Fsp3) is 0.476. The molecule has 1 amide bonds. The number of fused-ring (bicyclic) bond motifs is 3. The van der Waals surface area contributed by atoms with E-state index in [2.05, 4.69) is 18.3 Å². The molecule has 0 fully saturated rings. The van der Waals surface area contributed by atoms with Crippen LogP contribution in [0.3, 0.4) is 0 Å². The van der Waals surface area contributed by atoms with Crippen LogP contribution in [-0.4, -0.2) is 21.0 Å². The van der Waals surface area contributed by atoms with Gasteiger partial charge in [0.25, 0.3) is 0 Å². The first-order valence-corrected chi connectivity index (χ1v) is 9.51. The molecule has 0 saturated heterocycles. The van der Waals surface area contributed by atoms with E-state index >= 15 is 0 Å². The molecule has 1 aromatic heterocycles. The van der Waals surface area contributed by atoms with Gasteiger partial charge < -0.3 is 10.4 Å². The Morgan fingerprint density at radius 3 is 2.77 bits per heavy atom. The van der Waals surface area contributed by atoms with Crippen molar-refractivity contribution in [3.8, 4) is 11.3 Å². The number of nitrogens with one attached hydrogen (secondary N) is 1. The Labute approximate surface area is 154 Å². The van der Waals surface area contributed by atoms with Crippen molar-refractivity contribution >= 4 is 11.7 Å². The third kappa shape index (κ3) is 3.63. The summed E-state index contributed by atoms with van der Waals surface area (Å²) in [6.07, 6.45) is 4.18. The Hall–Kier alpha value is -2.27. The number of benzene rings is 1. The van der Waals surface area contributed by atoms with E-state index in [-0.39, 0.29) is 18.4 Å². The zero-order valence-corrected chi connectivity index (χ0v) is 15.8. The van der Waals surface area contributed by atoms with Gasteiger partial charge in [-0.25, -0.2) is 9.97 Å². The monoisotopic (exact) mass is 353 g/mol. The minimum Gasteiger partial charge on any atom is -0.392 e. The van der Waals surface area contributed by atoms with Crippen LogP contribution in [0.25, 0.3) is 11.3 Å². The number of aromatic nitrogens is 2. The molecule has 1 aliphatic rings. The number of aliphatic hydroxyl groups is 1. The number of aryl methyl sites for hydroxylation is 3. The zero-order valence-electron chi connectivity index (χ0n) is 15.8. The van der Waals surface area contributed by atoms with Crippen molar-refractivity contribution in [2.45, 2.75) is 59.5 Å². The van der Waals surface area contributed by atoms with Crippen LogP contribution in [0, 0.1) is 5.92 Å². The molecule has 0 aliphatic heterocycles. The maximum atomic E-state index is 12.3. The third-order valence-electron chi connectivity index (χ3n) is 5.07. The molecular weight excluding hydrogens is 326 g/mol. The highest BCUT2D eigenvalue weighted by molar-refractivity contribution is 5.92. The van der Waals surface area contributed by atoms with Crippen LogP contribution in [0.1, 0.15) is 56.1 Å². The topological polar surface area (TPSA) is 75.1 Å². The maximum absolute atomic E-state index is 12.3. The molecule has 0 saturated carbocycles. The third-order valence-corrected chi connectivity index (χ3v) is 5.07. The summed E-state index contributed by atoms with van der Waals surface area (Å²) in [6.45, 7) is 6.08. The first kappa shape index (κ1) is 18.5. The lowest BCUT2D eigenvalue weighted by molar-refractivity contribution is -0.119. The van der Waals surface area contributed by atoms with E-state index in [0.717, 1.165) is 60.3 Å². The lowest BCUT2D eigenvalue weighted by Gasteiger charge is -2.22. The minimum absolute atomic E-state index is 0.00269. The van der Waals surface area contributed by atoms with Crippen LogP contribution in [0.2, 0.25) is 0 Å². The van der Waals surface area contributed by atoms with Crippen LogP contribution in [0.15, 0.2) is 18.2 Å².